The Balaban J connectivity index is 1.23. The molecule has 32 nitrogen and oxygen atoms in total. The number of hydrogen-bond acceptors (Lipinski definition) is 32. The van der Waals surface area contributed by atoms with E-state index in [4.69, 9.17) is 61.6 Å². The van der Waals surface area contributed by atoms with Crippen molar-refractivity contribution in [3.8, 4) is 0 Å². The van der Waals surface area contributed by atoms with Crippen LogP contribution in [0.1, 0.15) is 19.8 Å². The molecule has 0 radical (unpaired) electrons. The van der Waals surface area contributed by atoms with E-state index in [9.17, 15) is 97.0 Å². The van der Waals surface area contributed by atoms with Gasteiger partial charge in [-0.05, 0) is 6.42 Å². The fourth-order valence-corrected chi connectivity index (χ4v) is 9.70. The third kappa shape index (κ3) is 12.3. The van der Waals surface area contributed by atoms with Crippen LogP contribution in [0.15, 0.2) is 0 Å². The van der Waals surface area contributed by atoms with Gasteiger partial charge in [-0.25, -0.2) is 0 Å². The molecular formula is C41H70O32. The van der Waals surface area contributed by atoms with Crippen molar-refractivity contribution in [2.45, 2.75) is 216 Å². The van der Waals surface area contributed by atoms with Crippen LogP contribution < -0.4 is 0 Å². The number of aliphatic hydroxyl groups is 19. The average Bonchev–Trinajstić information content (AvgIpc) is 3.38. The van der Waals surface area contributed by atoms with E-state index in [2.05, 4.69) is 0 Å². The van der Waals surface area contributed by atoms with Crippen LogP contribution in [0.3, 0.4) is 0 Å². The van der Waals surface area contributed by atoms with Crippen LogP contribution in [0.4, 0.5) is 0 Å². The highest BCUT2D eigenvalue weighted by atomic mass is 16.8. The first-order valence-electron chi connectivity index (χ1n) is 23.8. The van der Waals surface area contributed by atoms with E-state index in [0.717, 1.165) is 0 Å². The molecule has 426 valence electrons. The Kier molecular flexibility index (Phi) is 20.9. The lowest BCUT2D eigenvalue weighted by Crippen LogP contribution is -2.69. The summed E-state index contributed by atoms with van der Waals surface area (Å²) in [6, 6.07) is 0. The predicted octanol–water partition coefficient (Wildman–Crippen LogP) is -12.6. The van der Waals surface area contributed by atoms with Crippen LogP contribution in [0.2, 0.25) is 0 Å². The molecule has 22 aliphatic rings. The highest BCUT2D eigenvalue weighted by molar-refractivity contribution is 5.01. The first-order chi connectivity index (χ1) is 34.7. The second-order valence-corrected chi connectivity index (χ2v) is 18.7. The molecule has 22 aliphatic heterocycles. The SMILES string of the molecule is CCC(O)CC(O)O[C@@H]1[C@@H](O)[C@H]2O[C@H]3[C@H](O)[C@@H](O)[C@@H](O[C@H]4[C@H](O)[C@@H](O)[C@@H](O[C@H]5[C@H](O)[C@@H](O)[C@@H](O[C@H]6[C@H](O)[C@@H](O)[C@@H](O[C@H]7[C@H](O)[C@@H](O)[C@@H](O[C@H]1[C@@H](CO)O2)O[C@@H]7CO)O[C@@H]6CO)O[C@@H]5CO)O[C@@H]4CO)O[C@@H]3CO. The molecule has 0 spiro atoms. The molecule has 0 aromatic rings. The summed E-state index contributed by atoms with van der Waals surface area (Å²) in [4.78, 5) is 0. The molecule has 22 heterocycles. The van der Waals surface area contributed by atoms with Gasteiger partial charge in [0.2, 0.25) is 0 Å². The molecule has 22 rings (SSSR count). The molecule has 2 unspecified atom stereocenters. The molecule has 19 N–H and O–H groups in total. The number of rotatable bonds is 11. The molecule has 32 atom stereocenters. The predicted molar refractivity (Wildman–Crippen MR) is 222 cm³/mol. The largest absolute Gasteiger partial charge is 0.394 e. The van der Waals surface area contributed by atoms with Crippen molar-refractivity contribution in [3.05, 3.63) is 0 Å². The normalized spacial score (nSPS) is 52.1. The summed E-state index contributed by atoms with van der Waals surface area (Å²) in [6.07, 6.45) is -62.8. The molecular weight excluding hydrogens is 1000 g/mol. The molecule has 22 saturated heterocycles. The number of aliphatic hydroxyl groups excluding tert-OH is 19. The van der Waals surface area contributed by atoms with Crippen LogP contribution in [0, 0.1) is 0 Å². The summed E-state index contributed by atoms with van der Waals surface area (Å²) in [5, 5.41) is 209. The van der Waals surface area contributed by atoms with Gasteiger partial charge in [-0.1, -0.05) is 6.92 Å². The van der Waals surface area contributed by atoms with E-state index in [1.165, 1.54) is 0 Å². The van der Waals surface area contributed by atoms with Crippen molar-refractivity contribution in [1.29, 1.82) is 0 Å². The van der Waals surface area contributed by atoms with Crippen molar-refractivity contribution >= 4 is 0 Å². The quantitative estimate of drug-likeness (QED) is 0.0854. The first kappa shape index (κ1) is 59.4. The van der Waals surface area contributed by atoms with Crippen molar-refractivity contribution in [1.82, 2.24) is 0 Å². The molecule has 12 bridgehead atoms. The van der Waals surface area contributed by atoms with Crippen molar-refractivity contribution in [3.63, 3.8) is 0 Å². The summed E-state index contributed by atoms with van der Waals surface area (Å²) < 4.78 is 74.8. The smallest absolute Gasteiger partial charge is 0.187 e. The molecule has 0 aromatic heterocycles. The summed E-state index contributed by atoms with van der Waals surface area (Å²) >= 11 is 0. The second kappa shape index (κ2) is 25.7. The van der Waals surface area contributed by atoms with E-state index in [1.54, 1.807) is 6.92 Å². The minimum atomic E-state index is -2.21. The van der Waals surface area contributed by atoms with Crippen LogP contribution in [0.5, 0.6) is 0 Å². The fraction of sp³-hybridized carbons (Fsp3) is 1.00. The minimum Gasteiger partial charge on any atom is -0.394 e. The molecule has 0 amide bonds. The van der Waals surface area contributed by atoms with Crippen LogP contribution >= 0.6 is 0 Å². The second-order valence-electron chi connectivity index (χ2n) is 18.7. The van der Waals surface area contributed by atoms with Gasteiger partial charge in [-0.15, -0.1) is 0 Å². The number of ether oxygens (including phenoxy) is 13. The Morgan fingerprint density at radius 2 is 0.534 bits per heavy atom. The maximum absolute atomic E-state index is 11.8. The maximum atomic E-state index is 11.8. The van der Waals surface area contributed by atoms with Gasteiger partial charge >= 0.3 is 0 Å². The van der Waals surface area contributed by atoms with Crippen molar-refractivity contribution < 1.29 is 159 Å². The molecule has 0 saturated carbocycles. The molecule has 0 aliphatic carbocycles. The van der Waals surface area contributed by atoms with E-state index in [1.807, 2.05) is 0 Å². The highest BCUT2D eigenvalue weighted by Gasteiger charge is 2.59. The van der Waals surface area contributed by atoms with E-state index in [0.29, 0.717) is 0 Å². The summed E-state index contributed by atoms with van der Waals surface area (Å²) in [7, 11) is 0. The van der Waals surface area contributed by atoms with E-state index in [-0.39, 0.29) is 6.42 Å². The van der Waals surface area contributed by atoms with Gasteiger partial charge in [0.1, 0.15) is 146 Å². The first-order valence-corrected chi connectivity index (χ1v) is 23.8. The van der Waals surface area contributed by atoms with Crippen molar-refractivity contribution in [2.75, 3.05) is 39.6 Å². The van der Waals surface area contributed by atoms with Crippen LogP contribution in [0.25, 0.3) is 0 Å². The molecule has 32 heteroatoms. The van der Waals surface area contributed by atoms with Crippen LogP contribution in [-0.4, -0.2) is 333 Å². The van der Waals surface area contributed by atoms with Gasteiger partial charge in [-0.2, -0.15) is 0 Å². The Bertz CT molecular complexity index is 1670. The standard InChI is InChI=1S/C41H70O32/c1-2-10(48)3-17(49)67-35-28(60)41-66-16(9-47)34(35)73-40-27(59)22(54)32(14(7-45)65-40)71-38-25(57)20(52)30(12(5-43)63-38)69-36-23(55)18(50)29(11(4-42)61-36)68-37-24(56)19(51)31(13(6-44)62-37)70-39-26(58)21(53)33(72-41)15(8-46)64-39/h10-60H,2-9H2,1H3/t10?,11-,12-,13-,14-,15-,16-,17?,18-,19-,20-,21-,22-,23-,24-,25-,26-,27-,28-,29-,30-,31-,32-,33-,34+,35-,36-,37-,38-,39-,40-,41-/m1/s1. The van der Waals surface area contributed by atoms with Gasteiger partial charge in [0.25, 0.3) is 0 Å². The summed E-state index contributed by atoms with van der Waals surface area (Å²) in [5.41, 5.74) is 0. The number of hydrogen-bond donors (Lipinski definition) is 19. The van der Waals surface area contributed by atoms with Gasteiger partial charge in [0, 0.05) is 6.42 Å². The zero-order valence-corrected chi connectivity index (χ0v) is 38.9. The monoisotopic (exact) mass is 1070 g/mol. The zero-order chi connectivity index (χ0) is 53.3. The van der Waals surface area contributed by atoms with Gasteiger partial charge < -0.3 is 159 Å². The fourth-order valence-electron chi connectivity index (χ4n) is 9.70. The van der Waals surface area contributed by atoms with E-state index < -0.39 is 243 Å². The minimum absolute atomic E-state index is 0.124. The Labute approximate surface area is 414 Å². The summed E-state index contributed by atoms with van der Waals surface area (Å²) in [5.74, 6) is 0. The molecule has 73 heavy (non-hydrogen) atoms. The zero-order valence-electron chi connectivity index (χ0n) is 38.9. The molecule has 22 fully saturated rings. The Morgan fingerprint density at radius 1 is 0.315 bits per heavy atom. The topological polar surface area (TPSA) is 504 Å². The molecule has 0 aromatic carbocycles. The third-order valence-corrected chi connectivity index (χ3v) is 13.9. The van der Waals surface area contributed by atoms with E-state index >= 15 is 0 Å². The van der Waals surface area contributed by atoms with Gasteiger partial charge in [-0.3, -0.25) is 0 Å². The van der Waals surface area contributed by atoms with Crippen LogP contribution in [-0.2, 0) is 61.6 Å². The maximum Gasteiger partial charge on any atom is 0.187 e. The Morgan fingerprint density at radius 3 is 0.767 bits per heavy atom. The lowest BCUT2D eigenvalue weighted by molar-refractivity contribution is -0.407. The average molecular weight is 1070 g/mol. The van der Waals surface area contributed by atoms with Gasteiger partial charge in [0.15, 0.2) is 44.0 Å². The van der Waals surface area contributed by atoms with Gasteiger partial charge in [0.05, 0.1) is 45.7 Å². The third-order valence-electron chi connectivity index (χ3n) is 13.9. The highest BCUT2D eigenvalue weighted by Crippen LogP contribution is 2.39. The van der Waals surface area contributed by atoms with Crippen molar-refractivity contribution in [2.24, 2.45) is 0 Å². The summed E-state index contributed by atoms with van der Waals surface area (Å²) in [6.45, 7) is -4.59. The Hall–Kier alpha value is -1.28. The lowest BCUT2D eigenvalue weighted by Gasteiger charge is -2.51. The lowest BCUT2D eigenvalue weighted by atomic mass is 9.94.